The monoisotopic (exact) mass is 487 g/mol. The number of pyridine rings is 1. The Kier molecular flexibility index (Phi) is 4.86. The molecule has 9 nitrogen and oxygen atoms in total. The first kappa shape index (κ1) is 21.4. The van der Waals surface area contributed by atoms with Crippen molar-refractivity contribution in [1.29, 1.82) is 5.26 Å². The van der Waals surface area contributed by atoms with Crippen LogP contribution in [0, 0.1) is 11.3 Å². The molecule has 174 valence electrons. The molecule has 1 aromatic heterocycles. The molecule has 4 heterocycles. The Bertz CT molecular complexity index is 1440. The van der Waals surface area contributed by atoms with Crippen LogP contribution in [-0.2, 0) is 9.59 Å². The highest BCUT2D eigenvalue weighted by molar-refractivity contribution is 6.30. The van der Waals surface area contributed by atoms with Crippen LogP contribution >= 0.6 is 11.6 Å². The second-order valence-corrected chi connectivity index (χ2v) is 9.14. The van der Waals surface area contributed by atoms with Crippen LogP contribution in [0.1, 0.15) is 12.1 Å². The summed E-state index contributed by atoms with van der Waals surface area (Å²) in [6, 6.07) is 14.0. The Hall–Kier alpha value is -4.16. The number of ether oxygens (including phenoxy) is 1. The average Bonchev–Trinajstić information content (AvgIpc) is 3.54. The topological polar surface area (TPSA) is 107 Å². The van der Waals surface area contributed by atoms with Gasteiger partial charge in [0.05, 0.1) is 24.0 Å². The number of urea groups is 1. The van der Waals surface area contributed by atoms with Crippen LogP contribution in [0.4, 0.5) is 10.5 Å². The third-order valence-corrected chi connectivity index (χ3v) is 7.13. The number of hydrogen-bond donors (Lipinski definition) is 0. The zero-order chi connectivity index (χ0) is 24.3. The van der Waals surface area contributed by atoms with Gasteiger partial charge in [0.25, 0.3) is 11.8 Å². The van der Waals surface area contributed by atoms with Crippen LogP contribution in [0.2, 0.25) is 5.02 Å². The number of piperazine rings is 1. The highest BCUT2D eigenvalue weighted by Gasteiger charge is 2.63. The minimum Gasteiger partial charge on any atom is -0.484 e. The van der Waals surface area contributed by atoms with Gasteiger partial charge in [0, 0.05) is 22.3 Å². The van der Waals surface area contributed by atoms with Crippen molar-refractivity contribution in [3.8, 4) is 11.8 Å². The van der Waals surface area contributed by atoms with Crippen molar-refractivity contribution in [2.24, 2.45) is 0 Å². The van der Waals surface area contributed by atoms with E-state index in [1.165, 1.54) is 6.20 Å². The lowest BCUT2D eigenvalue weighted by molar-refractivity contribution is -0.137. The van der Waals surface area contributed by atoms with E-state index in [0.717, 1.165) is 4.90 Å². The number of hydrogen-bond acceptors (Lipinski definition) is 6. The van der Waals surface area contributed by atoms with E-state index >= 15 is 0 Å². The number of rotatable bonds is 4. The number of nitrogens with zero attached hydrogens (tertiary/aromatic N) is 5. The number of amides is 4. The van der Waals surface area contributed by atoms with Gasteiger partial charge in [0.1, 0.15) is 23.6 Å². The molecule has 3 aliphatic heterocycles. The van der Waals surface area contributed by atoms with Crippen molar-refractivity contribution >= 4 is 45.9 Å². The molecule has 3 aromatic rings. The maximum absolute atomic E-state index is 13.6. The van der Waals surface area contributed by atoms with Gasteiger partial charge >= 0.3 is 6.03 Å². The highest BCUT2D eigenvalue weighted by atomic mass is 35.5. The van der Waals surface area contributed by atoms with E-state index in [1.807, 2.05) is 6.07 Å². The SMILES string of the molecule is N#Cc1ncc(N2C(=O)[C@@H]3C4C[C@H](CN4C(=O)COc4ccc(Cl)cc4)N3C2=O)c2ccccc12. The largest absolute Gasteiger partial charge is 0.484 e. The number of anilines is 1. The van der Waals surface area contributed by atoms with Gasteiger partial charge in [0.2, 0.25) is 0 Å². The van der Waals surface area contributed by atoms with Gasteiger partial charge in [-0.15, -0.1) is 0 Å². The smallest absolute Gasteiger partial charge is 0.332 e. The lowest BCUT2D eigenvalue weighted by atomic mass is 10.1. The Morgan fingerprint density at radius 3 is 2.63 bits per heavy atom. The summed E-state index contributed by atoms with van der Waals surface area (Å²) >= 11 is 5.88. The summed E-state index contributed by atoms with van der Waals surface area (Å²) in [5.74, 6) is -0.112. The quantitative estimate of drug-likeness (QED) is 0.524. The minimum atomic E-state index is -0.755. The van der Waals surface area contributed by atoms with E-state index in [9.17, 15) is 19.6 Å². The summed E-state index contributed by atoms with van der Waals surface area (Å²) in [5.41, 5.74) is 0.564. The number of imide groups is 1. The Morgan fingerprint density at radius 1 is 1.14 bits per heavy atom. The molecule has 3 aliphatic rings. The number of carbonyl (C=O) groups is 3. The van der Waals surface area contributed by atoms with Crippen LogP contribution in [0.5, 0.6) is 5.75 Å². The van der Waals surface area contributed by atoms with E-state index in [2.05, 4.69) is 4.98 Å². The Labute approximate surface area is 205 Å². The fourth-order valence-electron chi connectivity index (χ4n) is 5.37. The Morgan fingerprint density at radius 2 is 1.89 bits per heavy atom. The third-order valence-electron chi connectivity index (χ3n) is 6.88. The maximum atomic E-state index is 13.6. The van der Waals surface area contributed by atoms with E-state index in [0.29, 0.717) is 40.2 Å². The van der Waals surface area contributed by atoms with Crippen LogP contribution in [0.25, 0.3) is 10.8 Å². The minimum absolute atomic E-state index is 0.173. The summed E-state index contributed by atoms with van der Waals surface area (Å²) in [4.78, 5) is 48.5. The fraction of sp³-hybridized carbons (Fsp3) is 0.240. The number of aromatic nitrogens is 1. The predicted molar refractivity (Wildman–Crippen MR) is 126 cm³/mol. The standard InChI is InChI=1S/C25H18ClN5O4/c26-14-5-7-16(8-6-14)35-13-22(32)29-12-15-9-20(29)23-24(33)31(25(34)30(15)23)21-11-28-19(10-27)17-3-1-2-4-18(17)21/h1-8,11,15,20,23H,9,12-13H2/t15-,20?,23+/m1/s1. The summed E-state index contributed by atoms with van der Waals surface area (Å²) < 4.78 is 5.60. The number of carbonyl (C=O) groups excluding carboxylic acids is 3. The van der Waals surface area contributed by atoms with Crippen molar-refractivity contribution in [3.63, 3.8) is 0 Å². The molecular weight excluding hydrogens is 470 g/mol. The number of nitriles is 1. The van der Waals surface area contributed by atoms with Crippen molar-refractivity contribution in [2.75, 3.05) is 18.1 Å². The molecule has 35 heavy (non-hydrogen) atoms. The molecule has 4 amide bonds. The summed E-state index contributed by atoms with van der Waals surface area (Å²) in [5, 5.41) is 11.1. The molecule has 2 bridgehead atoms. The van der Waals surface area contributed by atoms with Crippen LogP contribution in [0.15, 0.2) is 54.7 Å². The average molecular weight is 488 g/mol. The molecule has 2 aromatic carbocycles. The molecule has 6 rings (SSSR count). The normalized spacial score (nSPS) is 22.6. The molecule has 0 spiro atoms. The molecule has 10 heteroatoms. The van der Waals surface area contributed by atoms with Crippen LogP contribution in [0.3, 0.4) is 0 Å². The van der Waals surface area contributed by atoms with Crippen LogP contribution < -0.4 is 9.64 Å². The Balaban J connectivity index is 1.25. The number of likely N-dealkylation sites (tertiary alicyclic amines) is 1. The van der Waals surface area contributed by atoms with Crippen molar-refractivity contribution in [2.45, 2.75) is 24.5 Å². The number of benzene rings is 2. The van der Waals surface area contributed by atoms with Gasteiger partial charge in [-0.25, -0.2) is 14.7 Å². The van der Waals surface area contributed by atoms with Gasteiger partial charge in [-0.05, 0) is 30.7 Å². The maximum Gasteiger partial charge on any atom is 0.332 e. The summed E-state index contributed by atoms with van der Waals surface area (Å²) in [7, 11) is 0. The lowest BCUT2D eigenvalue weighted by Crippen LogP contribution is -2.55. The molecular formula is C25H18ClN5O4. The fourth-order valence-corrected chi connectivity index (χ4v) is 5.50. The van der Waals surface area contributed by atoms with E-state index in [1.54, 1.807) is 58.3 Å². The lowest BCUT2D eigenvalue weighted by Gasteiger charge is -2.34. The number of halogens is 1. The van der Waals surface area contributed by atoms with Crippen molar-refractivity contribution < 1.29 is 19.1 Å². The van der Waals surface area contributed by atoms with E-state index in [-0.39, 0.29) is 24.2 Å². The van der Waals surface area contributed by atoms with Gasteiger partial charge in [-0.1, -0.05) is 35.9 Å². The van der Waals surface area contributed by atoms with Crippen molar-refractivity contribution in [1.82, 2.24) is 14.8 Å². The molecule has 3 fully saturated rings. The van der Waals surface area contributed by atoms with Crippen LogP contribution in [-0.4, -0.2) is 63.9 Å². The summed E-state index contributed by atoms with van der Waals surface area (Å²) in [6.45, 7) is 0.177. The zero-order valence-corrected chi connectivity index (χ0v) is 19.1. The highest BCUT2D eigenvalue weighted by Crippen LogP contribution is 2.43. The molecule has 0 aliphatic carbocycles. The second kappa shape index (κ2) is 7.96. The van der Waals surface area contributed by atoms with E-state index in [4.69, 9.17) is 16.3 Å². The molecule has 3 saturated heterocycles. The molecule has 0 saturated carbocycles. The van der Waals surface area contributed by atoms with Gasteiger partial charge < -0.3 is 14.5 Å². The molecule has 1 unspecified atom stereocenters. The van der Waals surface area contributed by atoms with E-state index < -0.39 is 24.0 Å². The van der Waals surface area contributed by atoms with Gasteiger partial charge in [-0.2, -0.15) is 5.26 Å². The summed E-state index contributed by atoms with van der Waals surface area (Å²) in [6.07, 6.45) is 1.94. The number of fused-ring (bicyclic) bond motifs is 6. The van der Waals surface area contributed by atoms with Gasteiger partial charge in [-0.3, -0.25) is 9.59 Å². The third kappa shape index (κ3) is 3.21. The first-order valence-electron chi connectivity index (χ1n) is 11.1. The first-order valence-corrected chi connectivity index (χ1v) is 11.5. The molecule has 3 atom stereocenters. The van der Waals surface area contributed by atoms with Gasteiger partial charge in [0.15, 0.2) is 6.61 Å². The second-order valence-electron chi connectivity index (χ2n) is 8.70. The predicted octanol–water partition coefficient (Wildman–Crippen LogP) is 2.96. The van der Waals surface area contributed by atoms with Crippen molar-refractivity contribution in [3.05, 3.63) is 65.4 Å². The molecule has 0 radical (unpaired) electrons. The molecule has 0 N–H and O–H groups in total. The zero-order valence-electron chi connectivity index (χ0n) is 18.3. The first-order chi connectivity index (χ1) is 17.0.